The number of hydrogen-bond acceptors (Lipinski definition) is 7. The second-order valence-electron chi connectivity index (χ2n) is 8.44. The van der Waals surface area contributed by atoms with Gasteiger partial charge in [0.25, 0.3) is 11.1 Å². The summed E-state index contributed by atoms with van der Waals surface area (Å²) >= 11 is 1.27. The molecule has 0 spiro atoms. The van der Waals surface area contributed by atoms with E-state index in [4.69, 9.17) is 9.15 Å². The lowest BCUT2D eigenvalue weighted by Crippen LogP contribution is -2.49. The summed E-state index contributed by atoms with van der Waals surface area (Å²) in [5.74, 6) is 1.96. The van der Waals surface area contributed by atoms with Gasteiger partial charge in [-0.2, -0.15) is 0 Å². The maximum Gasteiger partial charge on any atom is 0.277 e. The summed E-state index contributed by atoms with van der Waals surface area (Å²) in [4.78, 5) is 16.8. The maximum absolute atomic E-state index is 12.6. The van der Waals surface area contributed by atoms with E-state index in [0.29, 0.717) is 30.1 Å². The molecular weight excluding hydrogens is 436 g/mol. The smallest absolute Gasteiger partial charge is 0.277 e. The minimum atomic E-state index is 0.0880. The molecule has 33 heavy (non-hydrogen) atoms. The van der Waals surface area contributed by atoms with Crippen molar-refractivity contribution in [2.45, 2.75) is 38.5 Å². The Labute approximate surface area is 199 Å². The Kier molecular flexibility index (Phi) is 7.54. The van der Waals surface area contributed by atoms with E-state index in [0.717, 1.165) is 30.0 Å². The van der Waals surface area contributed by atoms with Gasteiger partial charge in [-0.3, -0.25) is 4.79 Å². The van der Waals surface area contributed by atoms with E-state index in [9.17, 15) is 4.79 Å². The van der Waals surface area contributed by atoms with Crippen molar-refractivity contribution < 1.29 is 13.9 Å². The molecule has 0 saturated carbocycles. The number of hydrogen-bond donors (Lipinski definition) is 0. The highest BCUT2D eigenvalue weighted by molar-refractivity contribution is 7.99. The molecule has 4 rings (SSSR count). The number of ether oxygens (including phenoxy) is 1. The second-order valence-corrected chi connectivity index (χ2v) is 9.37. The van der Waals surface area contributed by atoms with E-state index in [1.54, 1.807) is 0 Å². The van der Waals surface area contributed by atoms with Crippen molar-refractivity contribution in [3.8, 4) is 5.75 Å². The first-order valence-electron chi connectivity index (χ1n) is 11.3. The van der Waals surface area contributed by atoms with Crippen molar-refractivity contribution in [1.29, 1.82) is 0 Å². The van der Waals surface area contributed by atoms with Gasteiger partial charge in [0.15, 0.2) is 6.61 Å². The van der Waals surface area contributed by atoms with E-state index in [2.05, 4.69) is 53.2 Å². The number of aryl methyl sites for hydroxylation is 1. The molecule has 0 bridgehead atoms. The Morgan fingerprint density at radius 1 is 1.09 bits per heavy atom. The van der Waals surface area contributed by atoms with Crippen LogP contribution in [0.3, 0.4) is 0 Å². The first-order chi connectivity index (χ1) is 16.0. The summed E-state index contributed by atoms with van der Waals surface area (Å²) in [6.45, 7) is 9.61. The number of anilines is 1. The van der Waals surface area contributed by atoms with Crippen molar-refractivity contribution in [2.24, 2.45) is 0 Å². The standard InChI is InChI=1S/C25H30N4O3S/c1-18(2)21-10-9-19(3)15-22(21)31-16-23-26-27-25(32-23)33-17-24(30)29-13-11-28(12-14-29)20-7-5-4-6-8-20/h4-10,15,18H,11-14,16-17H2,1-3H3. The minimum absolute atomic E-state index is 0.0880. The van der Waals surface area contributed by atoms with Gasteiger partial charge in [-0.25, -0.2) is 0 Å². The summed E-state index contributed by atoms with van der Waals surface area (Å²) in [5, 5.41) is 8.52. The van der Waals surface area contributed by atoms with Crippen LogP contribution in [0.4, 0.5) is 5.69 Å². The third-order valence-electron chi connectivity index (χ3n) is 5.66. The number of carbonyl (C=O) groups excluding carboxylic acids is 1. The Morgan fingerprint density at radius 2 is 1.85 bits per heavy atom. The quantitative estimate of drug-likeness (QED) is 0.452. The molecule has 2 aromatic carbocycles. The summed E-state index contributed by atoms with van der Waals surface area (Å²) in [7, 11) is 0. The Hall–Kier alpha value is -3.00. The van der Waals surface area contributed by atoms with Gasteiger partial charge in [0, 0.05) is 31.9 Å². The third-order valence-corrected chi connectivity index (χ3v) is 6.47. The van der Waals surface area contributed by atoms with Crippen LogP contribution in [0.2, 0.25) is 0 Å². The molecule has 1 aromatic heterocycles. The van der Waals surface area contributed by atoms with E-state index in [1.807, 2.05) is 36.1 Å². The largest absolute Gasteiger partial charge is 0.484 e. The van der Waals surface area contributed by atoms with Crippen LogP contribution in [0, 0.1) is 6.92 Å². The highest BCUT2D eigenvalue weighted by Gasteiger charge is 2.22. The average Bonchev–Trinajstić information content (AvgIpc) is 3.29. The van der Waals surface area contributed by atoms with E-state index in [1.165, 1.54) is 17.4 Å². The Bertz CT molecular complexity index is 1060. The number of carbonyl (C=O) groups is 1. The van der Waals surface area contributed by atoms with Crippen LogP contribution >= 0.6 is 11.8 Å². The number of amides is 1. The van der Waals surface area contributed by atoms with Gasteiger partial charge in [-0.05, 0) is 42.2 Å². The van der Waals surface area contributed by atoms with Crippen LogP contribution in [-0.4, -0.2) is 52.9 Å². The lowest BCUT2D eigenvalue weighted by atomic mass is 10.0. The number of nitrogens with zero attached hydrogens (tertiary/aromatic N) is 4. The molecule has 1 aliphatic heterocycles. The van der Waals surface area contributed by atoms with Gasteiger partial charge in [0.2, 0.25) is 5.91 Å². The molecule has 1 aliphatic rings. The average molecular weight is 467 g/mol. The second kappa shape index (κ2) is 10.7. The number of para-hydroxylation sites is 1. The molecule has 0 unspecified atom stereocenters. The Balaban J connectivity index is 1.24. The van der Waals surface area contributed by atoms with Crippen LogP contribution < -0.4 is 9.64 Å². The number of thioether (sulfide) groups is 1. The van der Waals surface area contributed by atoms with Gasteiger partial charge < -0.3 is 19.0 Å². The fourth-order valence-electron chi connectivity index (χ4n) is 3.81. The summed E-state index contributed by atoms with van der Waals surface area (Å²) in [6.07, 6.45) is 0. The molecule has 3 aromatic rings. The van der Waals surface area contributed by atoms with Gasteiger partial charge >= 0.3 is 0 Å². The van der Waals surface area contributed by atoms with E-state index >= 15 is 0 Å². The van der Waals surface area contributed by atoms with Crippen LogP contribution in [0.5, 0.6) is 5.75 Å². The van der Waals surface area contributed by atoms with Crippen molar-refractivity contribution in [1.82, 2.24) is 15.1 Å². The first-order valence-corrected chi connectivity index (χ1v) is 12.2. The first kappa shape index (κ1) is 23.2. The summed E-state index contributed by atoms with van der Waals surface area (Å²) < 4.78 is 11.6. The number of piperazine rings is 1. The minimum Gasteiger partial charge on any atom is -0.484 e. The number of benzene rings is 2. The normalized spacial score (nSPS) is 14.1. The molecule has 1 fully saturated rings. The lowest BCUT2D eigenvalue weighted by molar-refractivity contribution is -0.128. The van der Waals surface area contributed by atoms with Crippen LogP contribution in [0.15, 0.2) is 58.2 Å². The monoisotopic (exact) mass is 466 g/mol. The van der Waals surface area contributed by atoms with E-state index in [-0.39, 0.29) is 18.3 Å². The highest BCUT2D eigenvalue weighted by atomic mass is 32.2. The lowest BCUT2D eigenvalue weighted by Gasteiger charge is -2.36. The maximum atomic E-state index is 12.6. The van der Waals surface area contributed by atoms with Crippen molar-refractivity contribution in [2.75, 3.05) is 36.8 Å². The number of rotatable bonds is 8. The van der Waals surface area contributed by atoms with Gasteiger partial charge in [-0.15, -0.1) is 10.2 Å². The van der Waals surface area contributed by atoms with Crippen molar-refractivity contribution >= 4 is 23.4 Å². The molecule has 0 radical (unpaired) electrons. The molecule has 8 heteroatoms. The van der Waals surface area contributed by atoms with Gasteiger partial charge in [-0.1, -0.05) is 55.9 Å². The van der Waals surface area contributed by atoms with Crippen molar-refractivity contribution in [3.63, 3.8) is 0 Å². The zero-order valence-corrected chi connectivity index (χ0v) is 20.2. The molecule has 2 heterocycles. The molecule has 1 saturated heterocycles. The topological polar surface area (TPSA) is 71.7 Å². The summed E-state index contributed by atoms with van der Waals surface area (Å²) in [6, 6.07) is 16.5. The van der Waals surface area contributed by atoms with Crippen LogP contribution in [-0.2, 0) is 11.4 Å². The third kappa shape index (κ3) is 6.07. The van der Waals surface area contributed by atoms with Gasteiger partial charge in [0.05, 0.1) is 5.75 Å². The van der Waals surface area contributed by atoms with E-state index < -0.39 is 0 Å². The zero-order chi connectivity index (χ0) is 23.2. The fraction of sp³-hybridized carbons (Fsp3) is 0.400. The Morgan fingerprint density at radius 3 is 2.58 bits per heavy atom. The molecule has 0 aliphatic carbocycles. The molecule has 1 amide bonds. The molecular formula is C25H30N4O3S. The van der Waals surface area contributed by atoms with Crippen LogP contribution in [0.25, 0.3) is 0 Å². The van der Waals surface area contributed by atoms with Crippen molar-refractivity contribution in [3.05, 3.63) is 65.5 Å². The van der Waals surface area contributed by atoms with Crippen LogP contribution in [0.1, 0.15) is 36.8 Å². The molecule has 174 valence electrons. The molecule has 7 nitrogen and oxygen atoms in total. The number of aromatic nitrogens is 2. The molecule has 0 atom stereocenters. The molecule has 0 N–H and O–H groups in total. The fourth-order valence-corrected chi connectivity index (χ4v) is 4.49. The predicted octanol–water partition coefficient (Wildman–Crippen LogP) is 4.52. The highest BCUT2D eigenvalue weighted by Crippen LogP contribution is 2.28. The zero-order valence-electron chi connectivity index (χ0n) is 19.4. The summed E-state index contributed by atoms with van der Waals surface area (Å²) in [5.41, 5.74) is 3.48. The predicted molar refractivity (Wildman–Crippen MR) is 130 cm³/mol. The SMILES string of the molecule is Cc1ccc(C(C)C)c(OCc2nnc(SCC(=O)N3CCN(c4ccccc4)CC3)o2)c1. The van der Waals surface area contributed by atoms with Gasteiger partial charge in [0.1, 0.15) is 5.75 Å².